The predicted molar refractivity (Wildman–Crippen MR) is 184 cm³/mol. The second-order valence-electron chi connectivity index (χ2n) is 10.1. The highest BCUT2D eigenvalue weighted by Crippen LogP contribution is 2.35. The molecule has 5 rings (SSSR count). The van der Waals surface area contributed by atoms with E-state index in [-0.39, 0.29) is 49.9 Å². The molecular weight excluding hydrogens is 736 g/mol. The van der Waals surface area contributed by atoms with Crippen molar-refractivity contribution in [2.24, 2.45) is 10.2 Å². The summed E-state index contributed by atoms with van der Waals surface area (Å²) in [5, 5.41) is 16.7. The number of azo groups is 1. The van der Waals surface area contributed by atoms with Gasteiger partial charge in [-0.2, -0.15) is 36.9 Å². The number of hydrogen-bond acceptors (Lipinski definition) is 14. The summed E-state index contributed by atoms with van der Waals surface area (Å²) in [6.07, 6.45) is 0. The molecule has 0 fully saturated rings. The van der Waals surface area contributed by atoms with Crippen LogP contribution in [0, 0.1) is 0 Å². The SMILES string of the molecule is C=CS(=O)(=O)c1ccc(Nc2nc(Cl)nc(Nc3ccc(N=Nc4cc(S(=O)(=O)O)c5cccc(S(=O)(=O)O)c5c4)c(NC(C)=O)c3)n2)cc1. The number of carbonyl (C=O) groups is 1. The van der Waals surface area contributed by atoms with Gasteiger partial charge in [-0.15, -0.1) is 5.11 Å². The summed E-state index contributed by atoms with van der Waals surface area (Å²) >= 11 is 6.10. The lowest BCUT2D eigenvalue weighted by atomic mass is 10.1. The Morgan fingerprint density at radius 1 is 0.780 bits per heavy atom. The number of halogens is 1. The quantitative estimate of drug-likeness (QED) is 0.0770. The minimum absolute atomic E-state index is 0.0103. The van der Waals surface area contributed by atoms with Crippen LogP contribution in [0.3, 0.4) is 0 Å². The number of benzene rings is 4. The fourth-order valence-electron chi connectivity index (χ4n) is 4.45. The maximum Gasteiger partial charge on any atom is 0.295 e. The summed E-state index contributed by atoms with van der Waals surface area (Å²) in [6, 6.07) is 15.7. The highest BCUT2D eigenvalue weighted by Gasteiger charge is 2.21. The molecule has 5 aromatic rings. The van der Waals surface area contributed by atoms with Crippen molar-refractivity contribution >= 4 is 98.7 Å². The highest BCUT2D eigenvalue weighted by molar-refractivity contribution is 7.94. The number of sulfone groups is 1. The molecule has 0 aliphatic heterocycles. The average Bonchev–Trinajstić information content (AvgIpc) is 3.02. The van der Waals surface area contributed by atoms with Gasteiger partial charge in [0.15, 0.2) is 9.84 Å². The average molecular weight is 759 g/mol. The molecule has 0 aliphatic rings. The van der Waals surface area contributed by atoms with E-state index in [1.165, 1.54) is 61.5 Å². The molecule has 0 unspecified atom stereocenters. The maximum atomic E-state index is 12.2. The van der Waals surface area contributed by atoms with Gasteiger partial charge in [0.1, 0.15) is 15.5 Å². The van der Waals surface area contributed by atoms with Gasteiger partial charge < -0.3 is 16.0 Å². The minimum atomic E-state index is -4.89. The van der Waals surface area contributed by atoms with E-state index < -0.39 is 45.8 Å². The topological polar surface area (TPSA) is 259 Å². The molecule has 1 heterocycles. The smallest absolute Gasteiger partial charge is 0.295 e. The molecule has 0 spiro atoms. The zero-order valence-electron chi connectivity index (χ0n) is 25.3. The lowest BCUT2D eigenvalue weighted by Crippen LogP contribution is -2.07. The lowest BCUT2D eigenvalue weighted by molar-refractivity contribution is -0.114. The first-order chi connectivity index (χ1) is 23.4. The van der Waals surface area contributed by atoms with E-state index in [0.717, 1.165) is 23.6 Å². The van der Waals surface area contributed by atoms with Gasteiger partial charge >= 0.3 is 0 Å². The van der Waals surface area contributed by atoms with Gasteiger partial charge in [-0.05, 0) is 72.3 Å². The minimum Gasteiger partial charge on any atom is -0.324 e. The van der Waals surface area contributed by atoms with Gasteiger partial charge in [0.25, 0.3) is 20.2 Å². The molecule has 0 aliphatic carbocycles. The number of rotatable bonds is 11. The predicted octanol–water partition coefficient (Wildman–Crippen LogP) is 5.95. The fraction of sp³-hybridized carbons (Fsp3) is 0.0345. The van der Waals surface area contributed by atoms with Crippen molar-refractivity contribution in [1.82, 2.24) is 15.0 Å². The van der Waals surface area contributed by atoms with Crippen molar-refractivity contribution in [2.45, 2.75) is 21.6 Å². The number of nitrogens with one attached hydrogen (secondary N) is 3. The Balaban J connectivity index is 1.46. The molecular formula is C29H23ClN8O9S3. The second-order valence-corrected chi connectivity index (χ2v) is 15.1. The van der Waals surface area contributed by atoms with Crippen LogP contribution < -0.4 is 16.0 Å². The van der Waals surface area contributed by atoms with Crippen LogP contribution in [0.25, 0.3) is 10.8 Å². The molecule has 0 radical (unpaired) electrons. The molecule has 0 saturated heterocycles. The van der Waals surface area contributed by atoms with Crippen LogP contribution in [0.15, 0.2) is 110 Å². The first-order valence-electron chi connectivity index (χ1n) is 13.7. The monoisotopic (exact) mass is 758 g/mol. The zero-order chi connectivity index (χ0) is 36.4. The zero-order valence-corrected chi connectivity index (χ0v) is 28.5. The Labute approximate surface area is 289 Å². The van der Waals surface area contributed by atoms with Gasteiger partial charge in [0.05, 0.1) is 16.3 Å². The van der Waals surface area contributed by atoms with Crippen LogP contribution in [0.5, 0.6) is 0 Å². The lowest BCUT2D eigenvalue weighted by Gasteiger charge is -2.12. The summed E-state index contributed by atoms with van der Waals surface area (Å²) in [5.41, 5.74) is 0.744. The van der Waals surface area contributed by atoms with Crippen molar-refractivity contribution in [3.8, 4) is 0 Å². The van der Waals surface area contributed by atoms with E-state index in [0.29, 0.717) is 11.4 Å². The van der Waals surface area contributed by atoms with Crippen LogP contribution in [-0.2, 0) is 34.9 Å². The fourth-order valence-corrected chi connectivity index (χ4v) is 6.74. The van der Waals surface area contributed by atoms with Gasteiger partial charge in [-0.3, -0.25) is 13.9 Å². The van der Waals surface area contributed by atoms with Crippen LogP contribution in [0.4, 0.5) is 40.3 Å². The Kier molecular flexibility index (Phi) is 9.95. The third-order valence-electron chi connectivity index (χ3n) is 6.56. The van der Waals surface area contributed by atoms with Crippen molar-refractivity contribution in [2.75, 3.05) is 16.0 Å². The van der Waals surface area contributed by atoms with Crippen molar-refractivity contribution in [3.63, 3.8) is 0 Å². The van der Waals surface area contributed by atoms with Crippen molar-refractivity contribution in [1.29, 1.82) is 0 Å². The van der Waals surface area contributed by atoms with E-state index in [2.05, 4.69) is 47.7 Å². The number of hydrogen-bond donors (Lipinski definition) is 5. The van der Waals surface area contributed by atoms with Gasteiger partial charge in [0, 0.05) is 34.5 Å². The number of amides is 1. The summed E-state index contributed by atoms with van der Waals surface area (Å²) in [5.74, 6) is -0.501. The molecule has 0 bridgehead atoms. The summed E-state index contributed by atoms with van der Waals surface area (Å²) in [4.78, 5) is 23.1. The summed E-state index contributed by atoms with van der Waals surface area (Å²) < 4.78 is 91.7. The third-order valence-corrected chi connectivity index (χ3v) is 9.90. The third kappa shape index (κ3) is 8.42. The summed E-state index contributed by atoms with van der Waals surface area (Å²) in [7, 11) is -13.3. The van der Waals surface area contributed by atoms with Crippen molar-refractivity contribution in [3.05, 3.63) is 90.1 Å². The first kappa shape index (κ1) is 35.9. The maximum absolute atomic E-state index is 12.2. The number of carbonyl (C=O) groups excluding carboxylic acids is 1. The highest BCUT2D eigenvalue weighted by atomic mass is 35.5. The number of fused-ring (bicyclic) bond motifs is 1. The van der Waals surface area contributed by atoms with Gasteiger partial charge in [-0.1, -0.05) is 18.7 Å². The Morgan fingerprint density at radius 3 is 2.00 bits per heavy atom. The van der Waals surface area contributed by atoms with Crippen LogP contribution in [-0.4, -0.2) is 55.2 Å². The van der Waals surface area contributed by atoms with E-state index in [4.69, 9.17) is 11.6 Å². The molecule has 0 saturated carbocycles. The molecule has 0 atom stereocenters. The largest absolute Gasteiger partial charge is 0.324 e. The van der Waals surface area contributed by atoms with Gasteiger partial charge in [-0.25, -0.2) is 8.42 Å². The molecule has 50 heavy (non-hydrogen) atoms. The van der Waals surface area contributed by atoms with Crippen LogP contribution in [0.2, 0.25) is 5.28 Å². The number of aromatic nitrogens is 3. The Bertz CT molecular complexity index is 2550. The molecule has 4 aromatic carbocycles. The summed E-state index contributed by atoms with van der Waals surface area (Å²) in [6.45, 7) is 4.53. The Hall–Kier alpha value is -5.38. The number of anilines is 5. The van der Waals surface area contributed by atoms with E-state index in [9.17, 15) is 39.2 Å². The van der Waals surface area contributed by atoms with E-state index in [1.54, 1.807) is 0 Å². The number of nitrogens with zero attached hydrogens (tertiary/aromatic N) is 5. The normalized spacial score (nSPS) is 12.2. The second kappa shape index (κ2) is 13.9. The molecule has 1 amide bonds. The molecule has 1 aromatic heterocycles. The van der Waals surface area contributed by atoms with Crippen LogP contribution >= 0.6 is 11.6 Å². The standard InChI is InChI=1S/C29H23ClN8O9S3/c1-3-48(40,41)20-10-7-17(8-11-20)32-28-34-27(30)35-29(36-28)33-18-9-12-23(24(14-18)31-16(2)39)38-37-19-13-22-21(26(15-19)50(45,46)47)5-4-6-25(22)49(42,43)44/h3-15H,1H2,2H3,(H,31,39)(H,42,43,44)(H,45,46,47)(H2,32,33,34,35,36). The van der Waals surface area contributed by atoms with E-state index >= 15 is 0 Å². The first-order valence-corrected chi connectivity index (χ1v) is 18.5. The Morgan fingerprint density at radius 2 is 1.40 bits per heavy atom. The van der Waals surface area contributed by atoms with Crippen LogP contribution in [0.1, 0.15) is 6.92 Å². The van der Waals surface area contributed by atoms with E-state index in [1.807, 2.05) is 0 Å². The van der Waals surface area contributed by atoms with Gasteiger partial charge in [0.2, 0.25) is 23.1 Å². The molecule has 17 nitrogen and oxygen atoms in total. The molecule has 21 heteroatoms. The van der Waals surface area contributed by atoms with Crippen molar-refractivity contribution < 1.29 is 39.2 Å². The molecule has 5 N–H and O–H groups in total. The molecule has 258 valence electrons.